The average Bonchev–Trinajstić information content (AvgIpc) is 2.83. The summed E-state index contributed by atoms with van der Waals surface area (Å²) in [4.78, 5) is 47.6. The standard InChI is InChI=1S/C26H39NO9/c1-5-7-9-11-23(28)35-21-14-13-19(16-22(21)36-24(29)12-10-8-6-2)15-20(25(30)31)27-17-18(3)34-26(32)33-4/h13-14,16,18,20,27H,5-12,15,17H2,1-4H3,(H,30,31)/t18?,20-/m0/s1. The Labute approximate surface area is 212 Å². The molecular formula is C26H39NO9. The summed E-state index contributed by atoms with van der Waals surface area (Å²) >= 11 is 0. The van der Waals surface area contributed by atoms with Gasteiger partial charge in [-0.2, -0.15) is 0 Å². The molecule has 1 unspecified atom stereocenters. The molecule has 36 heavy (non-hydrogen) atoms. The second kappa shape index (κ2) is 17.3. The Morgan fingerprint density at radius 2 is 1.50 bits per heavy atom. The predicted molar refractivity (Wildman–Crippen MR) is 132 cm³/mol. The third kappa shape index (κ3) is 12.5. The largest absolute Gasteiger partial charge is 0.508 e. The van der Waals surface area contributed by atoms with Crippen LogP contribution in [0.2, 0.25) is 0 Å². The number of benzene rings is 1. The molecule has 0 aromatic heterocycles. The van der Waals surface area contributed by atoms with Crippen molar-refractivity contribution in [2.24, 2.45) is 0 Å². The van der Waals surface area contributed by atoms with E-state index in [-0.39, 0.29) is 37.3 Å². The number of carboxylic acids is 1. The minimum atomic E-state index is -1.11. The van der Waals surface area contributed by atoms with Crippen molar-refractivity contribution in [1.29, 1.82) is 0 Å². The van der Waals surface area contributed by atoms with E-state index in [4.69, 9.17) is 14.2 Å². The van der Waals surface area contributed by atoms with Crippen LogP contribution in [0.25, 0.3) is 0 Å². The third-order valence-corrected chi connectivity index (χ3v) is 5.28. The van der Waals surface area contributed by atoms with Crippen molar-refractivity contribution in [3.05, 3.63) is 23.8 Å². The SMILES string of the molecule is CCCCCC(=O)Oc1ccc(C[C@H](NCC(C)OC(=O)OC)C(=O)O)cc1OC(=O)CCCCC. The molecule has 0 saturated carbocycles. The molecule has 1 aromatic rings. The molecule has 2 atom stereocenters. The lowest BCUT2D eigenvalue weighted by Gasteiger charge is -2.19. The van der Waals surface area contributed by atoms with E-state index < -0.39 is 36.2 Å². The Morgan fingerprint density at radius 3 is 2.03 bits per heavy atom. The van der Waals surface area contributed by atoms with Gasteiger partial charge in [-0.3, -0.25) is 14.4 Å². The first-order valence-corrected chi connectivity index (χ1v) is 12.4. The van der Waals surface area contributed by atoms with Gasteiger partial charge in [0.05, 0.1) is 7.11 Å². The van der Waals surface area contributed by atoms with Gasteiger partial charge in [0.2, 0.25) is 0 Å². The highest BCUT2D eigenvalue weighted by molar-refractivity contribution is 5.77. The Kier molecular flexibility index (Phi) is 14.9. The van der Waals surface area contributed by atoms with Crippen molar-refractivity contribution in [1.82, 2.24) is 5.32 Å². The smallest absolute Gasteiger partial charge is 0.480 e. The first kappa shape index (κ1) is 30.9. The lowest BCUT2D eigenvalue weighted by Crippen LogP contribution is -2.42. The van der Waals surface area contributed by atoms with Crippen molar-refractivity contribution in [2.75, 3.05) is 13.7 Å². The average molecular weight is 510 g/mol. The van der Waals surface area contributed by atoms with Crippen molar-refractivity contribution < 1.29 is 43.2 Å². The lowest BCUT2D eigenvalue weighted by atomic mass is 10.0. The molecule has 0 aliphatic rings. The maximum absolute atomic E-state index is 12.3. The fraction of sp³-hybridized carbons (Fsp3) is 0.615. The van der Waals surface area contributed by atoms with E-state index in [9.17, 15) is 24.3 Å². The molecule has 1 aromatic carbocycles. The number of rotatable bonds is 17. The molecule has 202 valence electrons. The van der Waals surface area contributed by atoms with Gasteiger partial charge in [0, 0.05) is 19.4 Å². The van der Waals surface area contributed by atoms with Gasteiger partial charge in [-0.15, -0.1) is 0 Å². The molecule has 0 aliphatic heterocycles. The highest BCUT2D eigenvalue weighted by atomic mass is 16.7. The van der Waals surface area contributed by atoms with E-state index in [0.29, 0.717) is 18.4 Å². The first-order valence-electron chi connectivity index (χ1n) is 12.4. The summed E-state index contributed by atoms with van der Waals surface area (Å²) in [6.07, 6.45) is 4.13. The number of ether oxygens (including phenoxy) is 4. The number of esters is 2. The quantitative estimate of drug-likeness (QED) is 0.176. The zero-order chi connectivity index (χ0) is 26.9. The van der Waals surface area contributed by atoms with E-state index in [1.807, 2.05) is 13.8 Å². The number of unbranched alkanes of at least 4 members (excludes halogenated alkanes) is 4. The van der Waals surface area contributed by atoms with Crippen molar-refractivity contribution in [2.45, 2.75) is 90.7 Å². The summed E-state index contributed by atoms with van der Waals surface area (Å²) in [6.45, 7) is 5.74. The molecule has 2 N–H and O–H groups in total. The lowest BCUT2D eigenvalue weighted by molar-refractivity contribution is -0.139. The maximum atomic E-state index is 12.3. The van der Waals surface area contributed by atoms with Gasteiger partial charge >= 0.3 is 24.1 Å². The number of carboxylic acid groups (broad SMARTS) is 1. The fourth-order valence-corrected chi connectivity index (χ4v) is 3.27. The normalized spacial score (nSPS) is 12.3. The number of carbonyl (C=O) groups excluding carboxylic acids is 3. The van der Waals surface area contributed by atoms with Crippen LogP contribution in [-0.4, -0.2) is 55.0 Å². The predicted octanol–water partition coefficient (Wildman–Crippen LogP) is 4.41. The van der Waals surface area contributed by atoms with Gasteiger partial charge in [0.1, 0.15) is 12.1 Å². The van der Waals surface area contributed by atoms with Crippen LogP contribution in [0.15, 0.2) is 18.2 Å². The van der Waals surface area contributed by atoms with Gasteiger partial charge in [-0.1, -0.05) is 45.6 Å². The maximum Gasteiger partial charge on any atom is 0.508 e. The summed E-state index contributed by atoms with van der Waals surface area (Å²) < 4.78 is 20.3. The number of hydrogen-bond acceptors (Lipinski definition) is 9. The van der Waals surface area contributed by atoms with Gasteiger partial charge in [-0.05, 0) is 43.9 Å². The molecule has 0 heterocycles. The Hall–Kier alpha value is -3.14. The topological polar surface area (TPSA) is 137 Å². The molecule has 0 bridgehead atoms. The number of aliphatic carboxylic acids is 1. The number of carbonyl (C=O) groups is 4. The summed E-state index contributed by atoms with van der Waals surface area (Å²) in [5.41, 5.74) is 0.554. The number of methoxy groups -OCH3 is 1. The molecular weight excluding hydrogens is 470 g/mol. The minimum absolute atomic E-state index is 0.0470. The van der Waals surface area contributed by atoms with E-state index in [2.05, 4.69) is 10.1 Å². The zero-order valence-electron chi connectivity index (χ0n) is 21.7. The van der Waals surface area contributed by atoms with E-state index in [1.165, 1.54) is 19.2 Å². The summed E-state index contributed by atoms with van der Waals surface area (Å²) in [7, 11) is 1.18. The molecule has 0 amide bonds. The van der Waals surface area contributed by atoms with Gasteiger partial charge < -0.3 is 29.4 Å². The minimum Gasteiger partial charge on any atom is -0.480 e. The van der Waals surface area contributed by atoms with Gasteiger partial charge in [-0.25, -0.2) is 4.79 Å². The molecule has 0 saturated heterocycles. The zero-order valence-corrected chi connectivity index (χ0v) is 21.7. The number of hydrogen-bond donors (Lipinski definition) is 2. The Bertz CT molecular complexity index is 856. The molecule has 0 fully saturated rings. The molecule has 10 nitrogen and oxygen atoms in total. The highest BCUT2D eigenvalue weighted by Crippen LogP contribution is 2.30. The van der Waals surface area contributed by atoms with Crippen LogP contribution in [0.5, 0.6) is 11.5 Å². The Balaban J connectivity index is 2.97. The van der Waals surface area contributed by atoms with Crippen LogP contribution < -0.4 is 14.8 Å². The molecule has 0 spiro atoms. The van der Waals surface area contributed by atoms with Crippen LogP contribution in [0.4, 0.5) is 4.79 Å². The molecule has 0 radical (unpaired) electrons. The fourth-order valence-electron chi connectivity index (χ4n) is 3.27. The van der Waals surface area contributed by atoms with Crippen LogP contribution in [-0.2, 0) is 30.3 Å². The van der Waals surface area contributed by atoms with Gasteiger partial charge in [0.25, 0.3) is 0 Å². The second-order valence-corrected chi connectivity index (χ2v) is 8.53. The van der Waals surface area contributed by atoms with Crippen LogP contribution >= 0.6 is 0 Å². The van der Waals surface area contributed by atoms with Crippen molar-refractivity contribution >= 4 is 24.1 Å². The monoisotopic (exact) mass is 509 g/mol. The molecule has 0 aliphatic carbocycles. The van der Waals surface area contributed by atoms with E-state index in [1.54, 1.807) is 13.0 Å². The number of nitrogens with one attached hydrogen (secondary N) is 1. The highest BCUT2D eigenvalue weighted by Gasteiger charge is 2.22. The molecule has 1 rings (SSSR count). The third-order valence-electron chi connectivity index (χ3n) is 5.28. The van der Waals surface area contributed by atoms with Crippen LogP contribution in [0.3, 0.4) is 0 Å². The van der Waals surface area contributed by atoms with Gasteiger partial charge in [0.15, 0.2) is 11.5 Å². The van der Waals surface area contributed by atoms with E-state index >= 15 is 0 Å². The Morgan fingerprint density at radius 1 is 0.917 bits per heavy atom. The van der Waals surface area contributed by atoms with Crippen LogP contribution in [0.1, 0.15) is 77.7 Å². The summed E-state index contributed by atoms with van der Waals surface area (Å²) in [6, 6.07) is 3.63. The summed E-state index contributed by atoms with van der Waals surface area (Å²) in [5.74, 6) is -1.80. The van der Waals surface area contributed by atoms with Crippen molar-refractivity contribution in [3.8, 4) is 11.5 Å². The summed E-state index contributed by atoms with van der Waals surface area (Å²) in [5, 5.41) is 12.5. The van der Waals surface area contributed by atoms with E-state index in [0.717, 1.165) is 25.7 Å². The first-order chi connectivity index (χ1) is 17.2. The van der Waals surface area contributed by atoms with Crippen LogP contribution in [0, 0.1) is 0 Å². The second-order valence-electron chi connectivity index (χ2n) is 8.53. The molecule has 10 heteroatoms. The van der Waals surface area contributed by atoms with Crippen molar-refractivity contribution in [3.63, 3.8) is 0 Å².